The van der Waals surface area contributed by atoms with Crippen molar-refractivity contribution < 1.29 is 22.0 Å². The molecule has 2 aliphatic rings. The Morgan fingerprint density at radius 2 is 1.68 bits per heavy atom. The van der Waals surface area contributed by atoms with Crippen LogP contribution in [0.25, 0.3) is 0 Å². The van der Waals surface area contributed by atoms with Gasteiger partial charge in [-0.2, -0.15) is 4.31 Å². The summed E-state index contributed by atoms with van der Waals surface area (Å²) in [6, 6.07) is 8.61. The standard InChI is InChI=1S/C21H30ClF2N3O3S/c1-2-16-31(29,30)27-14-12-26(13-15-27)20(8-10-21(23,24)11-9-20)19(22)25-18(28)17-6-4-3-5-7-17/h3-7,19H,2,8-16H2,1H3,(H,25,28). The van der Waals surface area contributed by atoms with Crippen LogP contribution in [0, 0.1) is 0 Å². The van der Waals surface area contributed by atoms with E-state index in [1.165, 1.54) is 4.31 Å². The minimum atomic E-state index is -3.32. The van der Waals surface area contributed by atoms with Crippen LogP contribution >= 0.6 is 11.6 Å². The van der Waals surface area contributed by atoms with Gasteiger partial charge < -0.3 is 5.32 Å². The molecule has 6 nitrogen and oxygen atoms in total. The molecule has 1 N–H and O–H groups in total. The first kappa shape index (κ1) is 24.4. The highest BCUT2D eigenvalue weighted by Crippen LogP contribution is 2.44. The first-order chi connectivity index (χ1) is 14.6. The molecular formula is C21H30ClF2N3O3S. The van der Waals surface area contributed by atoms with Gasteiger partial charge in [0.15, 0.2) is 0 Å². The number of hydrogen-bond donors (Lipinski definition) is 1. The number of piperazine rings is 1. The summed E-state index contributed by atoms with van der Waals surface area (Å²) in [6.45, 7) is 3.17. The smallest absolute Gasteiger partial charge is 0.252 e. The van der Waals surface area contributed by atoms with Crippen LogP contribution in [0.1, 0.15) is 49.4 Å². The Balaban J connectivity index is 1.76. The Morgan fingerprint density at radius 1 is 1.10 bits per heavy atom. The normalized spacial score (nSPS) is 23.2. The van der Waals surface area contributed by atoms with E-state index in [0.717, 1.165) is 0 Å². The van der Waals surface area contributed by atoms with Crippen molar-refractivity contribution in [3.8, 4) is 0 Å². The van der Waals surface area contributed by atoms with Gasteiger partial charge in [0.25, 0.3) is 5.91 Å². The van der Waals surface area contributed by atoms with Crippen molar-refractivity contribution in [2.75, 3.05) is 31.9 Å². The highest BCUT2D eigenvalue weighted by atomic mass is 35.5. The van der Waals surface area contributed by atoms with Gasteiger partial charge in [-0.15, -0.1) is 0 Å². The number of rotatable bonds is 7. The molecule has 1 aromatic carbocycles. The molecule has 0 aromatic heterocycles. The van der Waals surface area contributed by atoms with Gasteiger partial charge in [0, 0.05) is 44.6 Å². The van der Waals surface area contributed by atoms with Crippen molar-refractivity contribution in [2.24, 2.45) is 0 Å². The summed E-state index contributed by atoms with van der Waals surface area (Å²) in [4.78, 5) is 14.7. The van der Waals surface area contributed by atoms with Crippen molar-refractivity contribution in [1.29, 1.82) is 0 Å². The summed E-state index contributed by atoms with van der Waals surface area (Å²) in [7, 11) is -3.32. The maximum Gasteiger partial charge on any atom is 0.252 e. The zero-order valence-corrected chi connectivity index (χ0v) is 19.3. The van der Waals surface area contributed by atoms with E-state index in [0.29, 0.717) is 25.1 Å². The lowest BCUT2D eigenvalue weighted by Gasteiger charge is -2.52. The summed E-state index contributed by atoms with van der Waals surface area (Å²) < 4.78 is 54.2. The molecular weight excluding hydrogens is 448 g/mol. The fourth-order valence-electron chi connectivity index (χ4n) is 4.50. The Kier molecular flexibility index (Phi) is 7.61. The van der Waals surface area contributed by atoms with E-state index in [4.69, 9.17) is 11.6 Å². The van der Waals surface area contributed by atoms with E-state index in [1.807, 2.05) is 11.8 Å². The van der Waals surface area contributed by atoms with Gasteiger partial charge in [-0.1, -0.05) is 36.7 Å². The van der Waals surface area contributed by atoms with Crippen LogP contribution in [0.2, 0.25) is 0 Å². The van der Waals surface area contributed by atoms with Crippen molar-refractivity contribution in [1.82, 2.24) is 14.5 Å². The van der Waals surface area contributed by atoms with E-state index in [9.17, 15) is 22.0 Å². The third-order valence-electron chi connectivity index (χ3n) is 6.34. The first-order valence-corrected chi connectivity index (χ1v) is 12.7. The second kappa shape index (κ2) is 9.68. The molecule has 1 heterocycles. The maximum absolute atomic E-state index is 14.0. The molecule has 174 valence electrons. The van der Waals surface area contributed by atoms with Gasteiger partial charge in [0.05, 0.1) is 11.3 Å². The first-order valence-electron chi connectivity index (χ1n) is 10.7. The third kappa shape index (κ3) is 5.56. The Labute approximate surface area is 188 Å². The Hall–Kier alpha value is -1.29. The number of benzene rings is 1. The van der Waals surface area contributed by atoms with E-state index >= 15 is 0 Å². The van der Waals surface area contributed by atoms with E-state index in [1.54, 1.807) is 30.3 Å². The molecule has 1 saturated carbocycles. The van der Waals surface area contributed by atoms with Gasteiger partial charge >= 0.3 is 0 Å². The van der Waals surface area contributed by atoms with Crippen LogP contribution in [-0.2, 0) is 10.0 Å². The summed E-state index contributed by atoms with van der Waals surface area (Å²) in [5.41, 5.74) is -1.29. The lowest BCUT2D eigenvalue weighted by atomic mass is 9.77. The average Bonchev–Trinajstić information content (AvgIpc) is 2.74. The molecule has 1 aliphatic heterocycles. The highest BCUT2D eigenvalue weighted by Gasteiger charge is 2.51. The number of halogens is 3. The fraction of sp³-hybridized carbons (Fsp3) is 0.667. The number of carbonyl (C=O) groups excluding carboxylic acids is 1. The second-order valence-electron chi connectivity index (χ2n) is 8.36. The van der Waals surface area contributed by atoms with Gasteiger partial charge in [-0.3, -0.25) is 9.69 Å². The molecule has 0 radical (unpaired) electrons. The predicted molar refractivity (Wildman–Crippen MR) is 117 cm³/mol. The summed E-state index contributed by atoms with van der Waals surface area (Å²) in [5, 5.41) is 2.80. The molecule has 0 spiro atoms. The van der Waals surface area contributed by atoms with Gasteiger partial charge in [-0.05, 0) is 31.4 Å². The van der Waals surface area contributed by atoms with Crippen molar-refractivity contribution in [3.63, 3.8) is 0 Å². The number of carbonyl (C=O) groups is 1. The van der Waals surface area contributed by atoms with E-state index in [2.05, 4.69) is 5.32 Å². The van der Waals surface area contributed by atoms with Crippen LogP contribution in [0.5, 0.6) is 0 Å². The van der Waals surface area contributed by atoms with Crippen LogP contribution in [0.15, 0.2) is 30.3 Å². The van der Waals surface area contributed by atoms with Crippen LogP contribution in [-0.4, -0.2) is 72.4 Å². The number of nitrogens with one attached hydrogen (secondary N) is 1. The zero-order chi connectivity index (χ0) is 22.7. The van der Waals surface area contributed by atoms with E-state index < -0.39 is 27.0 Å². The number of alkyl halides is 3. The van der Waals surface area contributed by atoms with Crippen molar-refractivity contribution >= 4 is 27.5 Å². The zero-order valence-electron chi connectivity index (χ0n) is 17.7. The molecule has 1 amide bonds. The Bertz CT molecular complexity index is 852. The van der Waals surface area contributed by atoms with Gasteiger partial charge in [0.1, 0.15) is 5.50 Å². The molecule has 1 atom stereocenters. The fourth-order valence-corrected chi connectivity index (χ4v) is 6.45. The van der Waals surface area contributed by atoms with Gasteiger partial charge in [0.2, 0.25) is 15.9 Å². The molecule has 1 unspecified atom stereocenters. The van der Waals surface area contributed by atoms with Crippen molar-refractivity contribution in [3.05, 3.63) is 35.9 Å². The summed E-state index contributed by atoms with van der Waals surface area (Å²) in [5.74, 6) is -3.02. The molecule has 2 fully saturated rings. The molecule has 3 rings (SSSR count). The summed E-state index contributed by atoms with van der Waals surface area (Å²) >= 11 is 6.71. The SMILES string of the molecule is CCCS(=O)(=O)N1CCN(C2(C(Cl)NC(=O)c3ccccc3)CCC(F)(F)CC2)CC1. The predicted octanol–water partition coefficient (Wildman–Crippen LogP) is 3.29. The third-order valence-corrected chi connectivity index (χ3v) is 8.93. The highest BCUT2D eigenvalue weighted by molar-refractivity contribution is 7.89. The van der Waals surface area contributed by atoms with Crippen LogP contribution in [0.3, 0.4) is 0 Å². The summed E-state index contributed by atoms with van der Waals surface area (Å²) in [6.07, 6.45) is 0.171. The minimum Gasteiger partial charge on any atom is -0.334 e. The quantitative estimate of drug-likeness (QED) is 0.483. The molecule has 1 saturated heterocycles. The molecule has 1 aliphatic carbocycles. The number of amides is 1. The van der Waals surface area contributed by atoms with E-state index in [-0.39, 0.29) is 50.4 Å². The van der Waals surface area contributed by atoms with Crippen LogP contribution < -0.4 is 5.32 Å². The number of nitrogens with zero attached hydrogens (tertiary/aromatic N) is 2. The average molecular weight is 478 g/mol. The largest absolute Gasteiger partial charge is 0.334 e. The molecule has 0 bridgehead atoms. The molecule has 31 heavy (non-hydrogen) atoms. The number of hydrogen-bond acceptors (Lipinski definition) is 4. The molecule has 1 aromatic rings. The van der Waals surface area contributed by atoms with Crippen molar-refractivity contribution in [2.45, 2.75) is 56.0 Å². The molecule has 10 heteroatoms. The second-order valence-corrected chi connectivity index (χ2v) is 10.9. The maximum atomic E-state index is 14.0. The van der Waals surface area contributed by atoms with Gasteiger partial charge in [-0.25, -0.2) is 17.2 Å². The topological polar surface area (TPSA) is 69.7 Å². The monoisotopic (exact) mass is 477 g/mol. The Morgan fingerprint density at radius 3 is 2.23 bits per heavy atom. The van der Waals surface area contributed by atoms with Crippen LogP contribution in [0.4, 0.5) is 8.78 Å². The lowest BCUT2D eigenvalue weighted by molar-refractivity contribution is -0.0893. The number of sulfonamides is 1. The minimum absolute atomic E-state index is 0.0929. The lowest BCUT2D eigenvalue weighted by Crippen LogP contribution is -2.66.